The number of carbonyl (C=O) groups excluding carboxylic acids is 1. The average Bonchev–Trinajstić information content (AvgIpc) is 3.00. The van der Waals surface area contributed by atoms with E-state index in [0.29, 0.717) is 5.56 Å². The molecule has 0 spiro atoms. The highest BCUT2D eigenvalue weighted by Gasteiger charge is 2.31. The molecule has 4 rings (SSSR count). The molecule has 3 aromatic carbocycles. The summed E-state index contributed by atoms with van der Waals surface area (Å²) in [5, 5.41) is 1.93. The molecule has 0 aliphatic rings. The van der Waals surface area contributed by atoms with E-state index in [1.54, 1.807) is 24.3 Å². The zero-order valence-corrected chi connectivity index (χ0v) is 15.4. The third-order valence-electron chi connectivity index (χ3n) is 4.31. The second-order valence-electron chi connectivity index (χ2n) is 6.02. The van der Waals surface area contributed by atoms with Gasteiger partial charge in [0.1, 0.15) is 5.75 Å². The number of fused-ring (bicyclic) bond motifs is 3. The van der Waals surface area contributed by atoms with Crippen molar-refractivity contribution in [2.24, 2.45) is 0 Å². The van der Waals surface area contributed by atoms with Crippen molar-refractivity contribution >= 4 is 36.6 Å². The van der Waals surface area contributed by atoms with Gasteiger partial charge in [-0.25, -0.2) is 4.79 Å². The lowest BCUT2D eigenvalue weighted by Crippen LogP contribution is -2.16. The molecule has 0 saturated carbocycles. The van der Waals surface area contributed by atoms with Crippen molar-refractivity contribution < 1.29 is 27.4 Å². The van der Waals surface area contributed by atoms with E-state index in [1.807, 2.05) is 30.3 Å². The molecule has 7 heteroatoms. The summed E-state index contributed by atoms with van der Waals surface area (Å²) in [7, 11) is 0.848. The van der Waals surface area contributed by atoms with Crippen molar-refractivity contribution in [3.63, 3.8) is 0 Å². The number of ether oxygens (including phenoxy) is 2. The number of halogens is 3. The van der Waals surface area contributed by atoms with Crippen LogP contribution in [0, 0.1) is 0 Å². The van der Waals surface area contributed by atoms with Crippen LogP contribution in [0.15, 0.2) is 66.7 Å². The molecule has 1 aromatic heterocycles. The predicted octanol–water partition coefficient (Wildman–Crippen LogP) is 6.42. The van der Waals surface area contributed by atoms with E-state index in [4.69, 9.17) is 4.74 Å². The van der Waals surface area contributed by atoms with Crippen molar-refractivity contribution in [2.45, 2.75) is 6.36 Å². The number of alkyl halides is 3. The minimum absolute atomic E-state index is 0.256. The fourth-order valence-electron chi connectivity index (χ4n) is 3.18. The first-order valence-corrected chi connectivity index (χ1v) is 9.52. The lowest BCUT2D eigenvalue weighted by atomic mass is 10.1. The molecule has 0 aliphatic heterocycles. The standard InChI is InChI=1S/C21H14F3O3S/c1-26-20(25)13-6-11-19-17(12-13)16-4-2-3-5-18(16)28(19)15-9-7-14(8-10-15)27-21(22,23)24/h2-12H,1H3/q+1. The summed E-state index contributed by atoms with van der Waals surface area (Å²) in [6.07, 6.45) is -4.72. The van der Waals surface area contributed by atoms with Crippen LogP contribution < -0.4 is 4.74 Å². The normalized spacial score (nSPS) is 12.4. The molecule has 0 fully saturated rings. The number of esters is 1. The zero-order chi connectivity index (χ0) is 19.9. The quantitative estimate of drug-likeness (QED) is 0.293. The van der Waals surface area contributed by atoms with Gasteiger partial charge in [-0.1, -0.05) is 12.1 Å². The lowest BCUT2D eigenvalue weighted by molar-refractivity contribution is -0.274. The molecule has 4 aromatic rings. The fourth-order valence-corrected chi connectivity index (χ4v) is 5.54. The molecular formula is C21H14F3O3S+. The van der Waals surface area contributed by atoms with Crippen molar-refractivity contribution in [1.82, 2.24) is 0 Å². The van der Waals surface area contributed by atoms with E-state index in [2.05, 4.69) is 4.74 Å². The summed E-state index contributed by atoms with van der Waals surface area (Å²) < 4.78 is 48.1. The van der Waals surface area contributed by atoms with Crippen LogP contribution in [0.1, 0.15) is 10.4 Å². The van der Waals surface area contributed by atoms with E-state index in [-0.39, 0.29) is 5.75 Å². The Kier molecular flexibility index (Phi) is 4.47. The van der Waals surface area contributed by atoms with Gasteiger partial charge in [-0.15, -0.1) is 13.2 Å². The first-order valence-electron chi connectivity index (χ1n) is 8.29. The molecule has 0 bridgehead atoms. The molecule has 1 unspecified atom stereocenters. The van der Waals surface area contributed by atoms with Crippen molar-refractivity contribution in [2.75, 3.05) is 7.11 Å². The smallest absolute Gasteiger partial charge is 0.465 e. The third-order valence-corrected chi connectivity index (χ3v) is 6.65. The SMILES string of the molecule is COC(=O)c1ccc2c(c1)c1ccccc1[s+]2-c1ccc(OC(F)(F)F)cc1. The van der Waals surface area contributed by atoms with Crippen molar-refractivity contribution in [1.29, 1.82) is 0 Å². The summed E-state index contributed by atoms with van der Waals surface area (Å²) in [5.41, 5.74) is 0.454. The number of rotatable bonds is 3. The molecular weight excluding hydrogens is 389 g/mol. The number of hydrogen-bond acceptors (Lipinski definition) is 3. The molecule has 0 radical (unpaired) electrons. The third kappa shape index (κ3) is 3.29. The van der Waals surface area contributed by atoms with Crippen LogP contribution in [0.25, 0.3) is 25.1 Å². The minimum Gasteiger partial charge on any atom is -0.465 e. The number of thiophene rings is 1. The van der Waals surface area contributed by atoms with Crippen LogP contribution in [0.4, 0.5) is 13.2 Å². The number of carbonyl (C=O) groups is 1. The number of methoxy groups -OCH3 is 1. The van der Waals surface area contributed by atoms with Gasteiger partial charge in [0.05, 0.1) is 12.7 Å². The fraction of sp³-hybridized carbons (Fsp3) is 0.0952. The predicted molar refractivity (Wildman–Crippen MR) is 103 cm³/mol. The van der Waals surface area contributed by atoms with E-state index in [1.165, 1.54) is 19.2 Å². The Bertz CT molecular complexity index is 1180. The Labute approximate surface area is 160 Å². The van der Waals surface area contributed by atoms with Gasteiger partial charge in [-0.3, -0.25) is 0 Å². The Morgan fingerprint density at radius 3 is 2.25 bits per heavy atom. The summed E-state index contributed by atoms with van der Waals surface area (Å²) in [5.74, 6) is -0.672. The van der Waals surface area contributed by atoms with Gasteiger partial charge in [0.15, 0.2) is 14.3 Å². The molecule has 142 valence electrons. The highest BCUT2D eigenvalue weighted by atomic mass is 32.2. The van der Waals surface area contributed by atoms with E-state index < -0.39 is 22.8 Å². The maximum Gasteiger partial charge on any atom is 0.573 e. The van der Waals surface area contributed by atoms with E-state index in [9.17, 15) is 18.0 Å². The molecule has 0 aliphatic carbocycles. The highest BCUT2D eigenvalue weighted by molar-refractivity contribution is 7.50. The summed E-state index contributed by atoms with van der Waals surface area (Å²) in [6.45, 7) is 0. The van der Waals surface area contributed by atoms with Crippen LogP contribution >= 0.6 is 10.5 Å². The Hall–Kier alpha value is -3.06. The second kappa shape index (κ2) is 6.83. The van der Waals surface area contributed by atoms with Crippen LogP contribution in [-0.2, 0) is 4.74 Å². The zero-order valence-electron chi connectivity index (χ0n) is 14.6. The molecule has 1 atom stereocenters. The Balaban J connectivity index is 1.89. The summed E-state index contributed by atoms with van der Waals surface area (Å²) >= 11 is 0. The number of hydrogen-bond donors (Lipinski definition) is 0. The van der Waals surface area contributed by atoms with Gasteiger partial charge < -0.3 is 9.47 Å². The van der Waals surface area contributed by atoms with E-state index >= 15 is 0 Å². The molecule has 1 heterocycles. The summed E-state index contributed by atoms with van der Waals surface area (Å²) in [6, 6.07) is 19.1. The molecule has 0 saturated heterocycles. The van der Waals surface area contributed by atoms with E-state index in [0.717, 1.165) is 25.1 Å². The van der Waals surface area contributed by atoms with Crippen LogP contribution in [0.2, 0.25) is 0 Å². The Morgan fingerprint density at radius 1 is 0.893 bits per heavy atom. The molecule has 0 N–H and O–H groups in total. The van der Waals surface area contributed by atoms with Crippen LogP contribution in [0.5, 0.6) is 5.75 Å². The molecule has 0 amide bonds. The van der Waals surface area contributed by atoms with Gasteiger partial charge in [0.25, 0.3) is 0 Å². The van der Waals surface area contributed by atoms with Crippen molar-refractivity contribution in [3.8, 4) is 10.6 Å². The summed E-state index contributed by atoms with van der Waals surface area (Å²) in [4.78, 5) is 12.8. The van der Waals surface area contributed by atoms with Gasteiger partial charge in [-0.2, -0.15) is 0 Å². The van der Waals surface area contributed by atoms with Gasteiger partial charge >= 0.3 is 12.3 Å². The van der Waals surface area contributed by atoms with Gasteiger partial charge in [0, 0.05) is 33.4 Å². The molecule has 3 nitrogen and oxygen atoms in total. The van der Waals surface area contributed by atoms with Crippen LogP contribution in [0.3, 0.4) is 0 Å². The maximum atomic E-state index is 12.4. The van der Waals surface area contributed by atoms with Crippen LogP contribution in [-0.4, -0.2) is 19.4 Å². The topological polar surface area (TPSA) is 35.5 Å². The Morgan fingerprint density at radius 2 is 1.57 bits per heavy atom. The maximum absolute atomic E-state index is 12.4. The highest BCUT2D eigenvalue weighted by Crippen LogP contribution is 2.48. The largest absolute Gasteiger partial charge is 0.573 e. The second-order valence-corrected chi connectivity index (χ2v) is 7.99. The number of benzene rings is 3. The molecule has 28 heavy (non-hydrogen) atoms. The van der Waals surface area contributed by atoms with Gasteiger partial charge in [0.2, 0.25) is 0 Å². The first kappa shape index (κ1) is 18.3. The van der Waals surface area contributed by atoms with Crippen molar-refractivity contribution in [3.05, 3.63) is 72.3 Å². The lowest BCUT2D eigenvalue weighted by Gasteiger charge is -2.07. The monoisotopic (exact) mass is 403 g/mol. The van der Waals surface area contributed by atoms with Gasteiger partial charge in [-0.05, 0) is 42.5 Å². The average molecular weight is 403 g/mol. The first-order chi connectivity index (χ1) is 13.4. The minimum atomic E-state index is -4.72.